The van der Waals surface area contributed by atoms with Gasteiger partial charge in [-0.15, -0.1) is 0 Å². The van der Waals surface area contributed by atoms with Crippen LogP contribution in [0.25, 0.3) is 0 Å². The molecule has 0 aliphatic heterocycles. The molecule has 0 aliphatic carbocycles. The summed E-state index contributed by atoms with van der Waals surface area (Å²) in [5.74, 6) is 0.173. The van der Waals surface area contributed by atoms with Crippen molar-refractivity contribution < 1.29 is 4.39 Å². The number of halogens is 1. The molecule has 1 atom stereocenters. The first-order chi connectivity index (χ1) is 7.93. The molecule has 0 amide bonds. The van der Waals surface area contributed by atoms with Crippen molar-refractivity contribution in [2.45, 2.75) is 41.5 Å². The molecule has 1 unspecified atom stereocenters. The lowest BCUT2D eigenvalue weighted by Gasteiger charge is -2.19. The minimum atomic E-state index is -0.390. The standard InChI is InChI=1S/C15H24FN/c1-7-9-10-14(11(3)4)12(5)15(8-2)17-13(6)16/h7-12H,1-6H3/b9-7-,14-10+,15-8-,17-13?. The van der Waals surface area contributed by atoms with Gasteiger partial charge in [-0.05, 0) is 19.8 Å². The summed E-state index contributed by atoms with van der Waals surface area (Å²) in [6.45, 7) is 11.6. The topological polar surface area (TPSA) is 12.4 Å². The van der Waals surface area contributed by atoms with Crippen LogP contribution in [0.1, 0.15) is 41.5 Å². The highest BCUT2D eigenvalue weighted by atomic mass is 19.1. The molecule has 0 heterocycles. The Kier molecular flexibility index (Phi) is 7.44. The smallest absolute Gasteiger partial charge is 0.186 e. The highest BCUT2D eigenvalue weighted by molar-refractivity contribution is 5.73. The monoisotopic (exact) mass is 237 g/mol. The summed E-state index contributed by atoms with van der Waals surface area (Å²) in [4.78, 5) is 3.95. The van der Waals surface area contributed by atoms with Crippen LogP contribution in [0.4, 0.5) is 4.39 Å². The number of allylic oxidation sites excluding steroid dienone is 5. The molecule has 0 saturated heterocycles. The van der Waals surface area contributed by atoms with Gasteiger partial charge in [0.15, 0.2) is 5.97 Å². The average molecular weight is 237 g/mol. The second-order valence-electron chi connectivity index (χ2n) is 4.39. The maximum absolute atomic E-state index is 12.9. The van der Waals surface area contributed by atoms with E-state index in [0.717, 1.165) is 5.70 Å². The molecule has 0 bridgehead atoms. The third-order valence-corrected chi connectivity index (χ3v) is 2.67. The third-order valence-electron chi connectivity index (χ3n) is 2.67. The molecule has 0 fully saturated rings. The maximum Gasteiger partial charge on any atom is 0.186 e. The molecule has 2 heteroatoms. The Bertz CT molecular complexity index is 342. The molecule has 0 radical (unpaired) electrons. The number of nitrogens with zero attached hydrogens (tertiary/aromatic N) is 1. The van der Waals surface area contributed by atoms with Gasteiger partial charge >= 0.3 is 0 Å². The van der Waals surface area contributed by atoms with Crippen molar-refractivity contribution in [2.24, 2.45) is 16.8 Å². The van der Waals surface area contributed by atoms with Crippen molar-refractivity contribution in [3.8, 4) is 0 Å². The molecule has 17 heavy (non-hydrogen) atoms. The van der Waals surface area contributed by atoms with E-state index in [9.17, 15) is 4.39 Å². The minimum Gasteiger partial charge on any atom is -0.229 e. The van der Waals surface area contributed by atoms with Gasteiger partial charge in [-0.1, -0.05) is 50.6 Å². The fourth-order valence-corrected chi connectivity index (χ4v) is 1.80. The molecular weight excluding hydrogens is 213 g/mol. The number of hydrogen-bond donors (Lipinski definition) is 0. The first-order valence-electron chi connectivity index (χ1n) is 6.13. The second kappa shape index (κ2) is 7.99. The van der Waals surface area contributed by atoms with Crippen molar-refractivity contribution in [3.63, 3.8) is 0 Å². The first kappa shape index (κ1) is 15.8. The molecule has 0 aliphatic rings. The van der Waals surface area contributed by atoms with Crippen molar-refractivity contribution in [1.29, 1.82) is 0 Å². The van der Waals surface area contributed by atoms with Crippen molar-refractivity contribution in [2.75, 3.05) is 0 Å². The maximum atomic E-state index is 12.9. The van der Waals surface area contributed by atoms with Gasteiger partial charge in [0.25, 0.3) is 0 Å². The Morgan fingerprint density at radius 2 is 1.76 bits per heavy atom. The van der Waals surface area contributed by atoms with E-state index in [2.05, 4.69) is 31.8 Å². The van der Waals surface area contributed by atoms with Gasteiger partial charge in [0, 0.05) is 18.5 Å². The lowest BCUT2D eigenvalue weighted by Crippen LogP contribution is -2.08. The van der Waals surface area contributed by atoms with Crippen molar-refractivity contribution in [3.05, 3.63) is 35.6 Å². The summed E-state index contributed by atoms with van der Waals surface area (Å²) in [5, 5.41) is 0. The largest absolute Gasteiger partial charge is 0.229 e. The Labute approximate surface area is 105 Å². The summed E-state index contributed by atoms with van der Waals surface area (Å²) in [6.07, 6.45) is 7.99. The van der Waals surface area contributed by atoms with E-state index < -0.39 is 0 Å². The molecule has 0 rings (SSSR count). The van der Waals surface area contributed by atoms with E-state index in [1.165, 1.54) is 12.5 Å². The zero-order valence-corrected chi connectivity index (χ0v) is 11.8. The first-order valence-corrected chi connectivity index (χ1v) is 6.13. The molecule has 0 spiro atoms. The quantitative estimate of drug-likeness (QED) is 0.467. The van der Waals surface area contributed by atoms with Gasteiger partial charge in [0.05, 0.1) is 0 Å². The summed E-state index contributed by atoms with van der Waals surface area (Å²) >= 11 is 0. The van der Waals surface area contributed by atoms with E-state index in [1.807, 2.05) is 32.1 Å². The number of hydrogen-bond acceptors (Lipinski definition) is 1. The molecule has 0 N–H and O–H groups in total. The van der Waals surface area contributed by atoms with Crippen molar-refractivity contribution in [1.82, 2.24) is 0 Å². The molecule has 0 saturated carbocycles. The van der Waals surface area contributed by atoms with Gasteiger partial charge in [-0.2, -0.15) is 4.39 Å². The third kappa shape index (κ3) is 5.62. The molecule has 96 valence electrons. The van der Waals surface area contributed by atoms with Crippen LogP contribution in [0.15, 0.2) is 40.6 Å². The van der Waals surface area contributed by atoms with Crippen LogP contribution in [0.5, 0.6) is 0 Å². The lowest BCUT2D eigenvalue weighted by molar-refractivity contribution is 0.635. The van der Waals surface area contributed by atoms with Crippen LogP contribution in [-0.2, 0) is 0 Å². The zero-order chi connectivity index (χ0) is 13.4. The summed E-state index contributed by atoms with van der Waals surface area (Å²) in [7, 11) is 0. The summed E-state index contributed by atoms with van der Waals surface area (Å²) in [6, 6.07) is 0. The minimum absolute atomic E-state index is 0.141. The fraction of sp³-hybridized carbons (Fsp3) is 0.533. The number of aliphatic imine (C=N–C) groups is 1. The molecule has 0 aromatic rings. The SMILES string of the molecule is C/C=C\C=C(/C(C)C)C(C)/C(=C/C)N=C(C)F. The summed E-state index contributed by atoms with van der Waals surface area (Å²) < 4.78 is 12.9. The summed E-state index contributed by atoms with van der Waals surface area (Å²) in [5.41, 5.74) is 2.05. The van der Waals surface area contributed by atoms with Crippen LogP contribution < -0.4 is 0 Å². The molecule has 0 aromatic heterocycles. The molecule has 1 nitrogen and oxygen atoms in total. The van der Waals surface area contributed by atoms with E-state index in [4.69, 9.17) is 0 Å². The van der Waals surface area contributed by atoms with Crippen LogP contribution in [0, 0.1) is 11.8 Å². The van der Waals surface area contributed by atoms with Gasteiger partial charge in [-0.25, -0.2) is 4.99 Å². The zero-order valence-electron chi connectivity index (χ0n) is 11.8. The van der Waals surface area contributed by atoms with Crippen LogP contribution in [-0.4, -0.2) is 5.97 Å². The van der Waals surface area contributed by atoms with Gasteiger partial charge in [0.1, 0.15) is 0 Å². The number of rotatable bonds is 5. The van der Waals surface area contributed by atoms with Crippen LogP contribution >= 0.6 is 0 Å². The van der Waals surface area contributed by atoms with Gasteiger partial charge in [-0.3, -0.25) is 0 Å². The lowest BCUT2D eigenvalue weighted by atomic mass is 9.88. The van der Waals surface area contributed by atoms with E-state index in [-0.39, 0.29) is 11.9 Å². The Balaban J connectivity index is 5.21. The Morgan fingerprint density at radius 3 is 2.12 bits per heavy atom. The van der Waals surface area contributed by atoms with Crippen molar-refractivity contribution >= 4 is 5.97 Å². The Hall–Kier alpha value is -1.18. The van der Waals surface area contributed by atoms with E-state index in [1.54, 1.807) is 0 Å². The molecule has 0 aromatic carbocycles. The van der Waals surface area contributed by atoms with Gasteiger partial charge in [0.2, 0.25) is 0 Å². The van der Waals surface area contributed by atoms with E-state index >= 15 is 0 Å². The van der Waals surface area contributed by atoms with E-state index in [0.29, 0.717) is 5.92 Å². The fourth-order valence-electron chi connectivity index (χ4n) is 1.80. The highest BCUT2D eigenvalue weighted by Crippen LogP contribution is 2.27. The van der Waals surface area contributed by atoms with Crippen LogP contribution in [0.3, 0.4) is 0 Å². The average Bonchev–Trinajstić information content (AvgIpc) is 2.25. The predicted octanol–water partition coefficient (Wildman–Crippen LogP) is 5.07. The van der Waals surface area contributed by atoms with Crippen LogP contribution in [0.2, 0.25) is 0 Å². The normalized spacial score (nSPS) is 17.1. The highest BCUT2D eigenvalue weighted by Gasteiger charge is 2.15. The molecular formula is C15H24FN. The Morgan fingerprint density at radius 1 is 1.18 bits per heavy atom. The second-order valence-corrected chi connectivity index (χ2v) is 4.39. The predicted molar refractivity (Wildman–Crippen MR) is 74.9 cm³/mol. The van der Waals surface area contributed by atoms with Gasteiger partial charge < -0.3 is 0 Å².